The summed E-state index contributed by atoms with van der Waals surface area (Å²) in [5, 5.41) is 23.1. The molecule has 6 aromatic rings. The molecule has 0 fully saturated rings. The highest BCUT2D eigenvalue weighted by Gasteiger charge is 2.10. The number of aromatic nitrogens is 6. The molecule has 0 saturated carbocycles. The molecule has 6 heteroatoms. The first kappa shape index (κ1) is 14.4. The summed E-state index contributed by atoms with van der Waals surface area (Å²) in [6, 6.07) is 24.6. The average molecular weight is 350 g/mol. The van der Waals surface area contributed by atoms with Crippen molar-refractivity contribution >= 4 is 43.6 Å². The fourth-order valence-electron chi connectivity index (χ4n) is 3.62. The van der Waals surface area contributed by atoms with Gasteiger partial charge in [-0.15, -0.1) is 0 Å². The minimum Gasteiger partial charge on any atom is -0.160 e. The van der Waals surface area contributed by atoms with Crippen LogP contribution in [0.1, 0.15) is 0 Å². The molecule has 0 radical (unpaired) electrons. The number of fused-ring (bicyclic) bond motifs is 6. The Bertz CT molecular complexity index is 1350. The van der Waals surface area contributed by atoms with Crippen LogP contribution >= 0.6 is 0 Å². The van der Waals surface area contributed by atoms with Crippen molar-refractivity contribution in [3.8, 4) is 0 Å². The second-order valence-corrected chi connectivity index (χ2v) is 6.59. The molecule has 128 valence electrons. The van der Waals surface area contributed by atoms with E-state index in [-0.39, 0.29) is 0 Å². The van der Waals surface area contributed by atoms with Gasteiger partial charge < -0.3 is 0 Å². The Morgan fingerprint density at radius 3 is 1.52 bits per heavy atom. The van der Waals surface area contributed by atoms with Gasteiger partial charge in [0.1, 0.15) is 22.1 Å². The normalized spacial score (nSPS) is 11.9. The van der Waals surface area contributed by atoms with E-state index in [1.165, 1.54) is 0 Å². The SMILES string of the molecule is c1ccc2c(c1)ccc1nn(Cn3nc4ccc5ccccc5c4n3)nc12. The molecule has 0 atom stereocenters. The summed E-state index contributed by atoms with van der Waals surface area (Å²) in [4.78, 5) is 3.30. The van der Waals surface area contributed by atoms with Crippen LogP contribution in [0.15, 0.2) is 72.8 Å². The molecule has 0 unspecified atom stereocenters. The minimum atomic E-state index is 0.367. The van der Waals surface area contributed by atoms with Gasteiger partial charge in [0.25, 0.3) is 0 Å². The predicted molar refractivity (Wildman–Crippen MR) is 105 cm³/mol. The molecule has 4 aromatic carbocycles. The topological polar surface area (TPSA) is 61.4 Å². The van der Waals surface area contributed by atoms with Gasteiger partial charge in [0, 0.05) is 10.8 Å². The van der Waals surface area contributed by atoms with Crippen LogP contribution in [-0.4, -0.2) is 30.0 Å². The quantitative estimate of drug-likeness (QED) is 0.474. The van der Waals surface area contributed by atoms with Gasteiger partial charge in [0.15, 0.2) is 6.67 Å². The van der Waals surface area contributed by atoms with Gasteiger partial charge in [-0.3, -0.25) is 0 Å². The van der Waals surface area contributed by atoms with Crippen LogP contribution in [-0.2, 0) is 6.67 Å². The van der Waals surface area contributed by atoms with Crippen LogP contribution < -0.4 is 0 Å². The Hall–Kier alpha value is -3.80. The molecule has 0 amide bonds. The van der Waals surface area contributed by atoms with Gasteiger partial charge in [-0.2, -0.15) is 30.0 Å². The van der Waals surface area contributed by atoms with E-state index in [4.69, 9.17) is 0 Å². The van der Waals surface area contributed by atoms with E-state index < -0.39 is 0 Å². The highest BCUT2D eigenvalue weighted by molar-refractivity contribution is 6.04. The van der Waals surface area contributed by atoms with E-state index in [0.717, 1.165) is 43.6 Å². The van der Waals surface area contributed by atoms with Crippen molar-refractivity contribution in [2.75, 3.05) is 0 Å². The molecule has 0 bridgehead atoms. The zero-order chi connectivity index (χ0) is 17.8. The largest absolute Gasteiger partial charge is 0.172 e. The number of benzene rings is 4. The van der Waals surface area contributed by atoms with Gasteiger partial charge in [-0.25, -0.2) is 0 Å². The van der Waals surface area contributed by atoms with E-state index in [1.807, 2.05) is 36.4 Å². The fourth-order valence-corrected chi connectivity index (χ4v) is 3.62. The van der Waals surface area contributed by atoms with Crippen molar-refractivity contribution in [1.29, 1.82) is 0 Å². The summed E-state index contributed by atoms with van der Waals surface area (Å²) in [7, 11) is 0. The molecule has 27 heavy (non-hydrogen) atoms. The van der Waals surface area contributed by atoms with Gasteiger partial charge in [-0.05, 0) is 22.9 Å². The van der Waals surface area contributed by atoms with Crippen LogP contribution in [0.25, 0.3) is 43.6 Å². The van der Waals surface area contributed by atoms with Gasteiger partial charge in [0.05, 0.1) is 0 Å². The van der Waals surface area contributed by atoms with E-state index in [9.17, 15) is 0 Å². The summed E-state index contributed by atoms with van der Waals surface area (Å²) >= 11 is 0. The third-order valence-corrected chi connectivity index (χ3v) is 4.89. The molecule has 6 nitrogen and oxygen atoms in total. The van der Waals surface area contributed by atoms with E-state index in [1.54, 1.807) is 9.59 Å². The van der Waals surface area contributed by atoms with Crippen LogP contribution in [0, 0.1) is 0 Å². The molecular formula is C21H14N6. The second kappa shape index (κ2) is 5.35. The Kier molecular flexibility index (Phi) is 2.85. The Balaban J connectivity index is 1.47. The summed E-state index contributed by atoms with van der Waals surface area (Å²) in [5.74, 6) is 0. The Morgan fingerprint density at radius 1 is 0.519 bits per heavy atom. The predicted octanol–water partition coefficient (Wildman–Crippen LogP) is 3.99. The van der Waals surface area contributed by atoms with Crippen LogP contribution in [0.3, 0.4) is 0 Å². The van der Waals surface area contributed by atoms with Crippen molar-refractivity contribution in [3.05, 3.63) is 72.8 Å². The molecule has 6 rings (SSSR count). The fraction of sp³-hybridized carbons (Fsp3) is 0.0476. The highest BCUT2D eigenvalue weighted by Crippen LogP contribution is 2.23. The minimum absolute atomic E-state index is 0.367. The van der Waals surface area contributed by atoms with Crippen LogP contribution in [0.2, 0.25) is 0 Å². The summed E-state index contributed by atoms with van der Waals surface area (Å²) in [6.07, 6.45) is 0. The van der Waals surface area contributed by atoms with Gasteiger partial charge in [0.2, 0.25) is 0 Å². The van der Waals surface area contributed by atoms with Crippen molar-refractivity contribution in [3.63, 3.8) is 0 Å². The Morgan fingerprint density at radius 2 is 1.00 bits per heavy atom. The molecule has 0 aliphatic rings. The number of hydrogen-bond acceptors (Lipinski definition) is 4. The monoisotopic (exact) mass is 350 g/mol. The molecule has 2 heterocycles. The number of hydrogen-bond donors (Lipinski definition) is 0. The third-order valence-electron chi connectivity index (χ3n) is 4.89. The van der Waals surface area contributed by atoms with Crippen molar-refractivity contribution in [2.24, 2.45) is 0 Å². The molecule has 0 saturated heterocycles. The smallest absolute Gasteiger partial charge is 0.160 e. The van der Waals surface area contributed by atoms with Gasteiger partial charge >= 0.3 is 0 Å². The van der Waals surface area contributed by atoms with Crippen molar-refractivity contribution < 1.29 is 0 Å². The molecule has 2 aromatic heterocycles. The summed E-state index contributed by atoms with van der Waals surface area (Å²) in [5.41, 5.74) is 3.54. The lowest BCUT2D eigenvalue weighted by Crippen LogP contribution is -2.13. The first-order valence-electron chi connectivity index (χ1n) is 8.80. The highest BCUT2D eigenvalue weighted by atomic mass is 15.6. The molecule has 0 spiro atoms. The Labute approximate surface area is 153 Å². The number of nitrogens with zero attached hydrogens (tertiary/aromatic N) is 6. The lowest BCUT2D eigenvalue weighted by Gasteiger charge is -1.97. The number of rotatable bonds is 2. The van der Waals surface area contributed by atoms with Crippen LogP contribution in [0.4, 0.5) is 0 Å². The first-order chi connectivity index (χ1) is 13.3. The average Bonchev–Trinajstić information content (AvgIpc) is 3.31. The summed E-state index contributed by atoms with van der Waals surface area (Å²) < 4.78 is 0. The van der Waals surface area contributed by atoms with E-state index in [0.29, 0.717) is 6.67 Å². The van der Waals surface area contributed by atoms with Gasteiger partial charge in [-0.1, -0.05) is 60.7 Å². The lowest BCUT2D eigenvalue weighted by molar-refractivity contribution is 0.421. The van der Waals surface area contributed by atoms with Crippen molar-refractivity contribution in [1.82, 2.24) is 30.0 Å². The maximum atomic E-state index is 4.67. The maximum Gasteiger partial charge on any atom is 0.172 e. The lowest BCUT2D eigenvalue weighted by atomic mass is 10.1. The molecular weight excluding hydrogens is 336 g/mol. The zero-order valence-electron chi connectivity index (χ0n) is 14.3. The van der Waals surface area contributed by atoms with Crippen molar-refractivity contribution in [2.45, 2.75) is 6.67 Å². The molecule has 0 aliphatic heterocycles. The standard InChI is InChI=1S/C21H14N6/c1-3-7-16-14(5-1)9-11-18-20(16)24-26(22-18)13-27-23-19-12-10-15-6-2-4-8-17(15)21(19)25-27/h1-12H,13H2. The second-order valence-electron chi connectivity index (χ2n) is 6.59. The first-order valence-corrected chi connectivity index (χ1v) is 8.80. The summed E-state index contributed by atoms with van der Waals surface area (Å²) in [6.45, 7) is 0.367. The van der Waals surface area contributed by atoms with Crippen LogP contribution in [0.5, 0.6) is 0 Å². The maximum absolute atomic E-state index is 4.67. The molecule has 0 N–H and O–H groups in total. The van der Waals surface area contributed by atoms with E-state index >= 15 is 0 Å². The van der Waals surface area contributed by atoms with E-state index in [2.05, 4.69) is 56.8 Å². The molecule has 0 aliphatic carbocycles. The third kappa shape index (κ3) is 2.20. The zero-order valence-corrected chi connectivity index (χ0v) is 14.3.